The third-order valence-electron chi connectivity index (χ3n) is 3.80. The number of aromatic nitrogens is 3. The van der Waals surface area contributed by atoms with Crippen LogP contribution in [0.15, 0.2) is 4.60 Å². The maximum Gasteiger partial charge on any atom is 0.151 e. The van der Waals surface area contributed by atoms with Crippen LogP contribution in [0.5, 0.6) is 0 Å². The van der Waals surface area contributed by atoms with Crippen LogP contribution in [0.3, 0.4) is 0 Å². The van der Waals surface area contributed by atoms with Crippen LogP contribution in [0.25, 0.3) is 0 Å². The molecule has 18 heavy (non-hydrogen) atoms. The Hall–Kier alpha value is -0.420. The van der Waals surface area contributed by atoms with Crippen molar-refractivity contribution in [3.63, 3.8) is 0 Å². The molecule has 0 saturated heterocycles. The maximum atomic E-state index is 4.11. The minimum atomic E-state index is 0.596. The Morgan fingerprint density at radius 1 is 1.44 bits per heavy atom. The Kier molecular flexibility index (Phi) is 4.78. The lowest BCUT2D eigenvalue weighted by Crippen LogP contribution is -2.28. The Morgan fingerprint density at radius 2 is 2.22 bits per heavy atom. The van der Waals surface area contributed by atoms with Gasteiger partial charge in [0.15, 0.2) is 4.60 Å². The molecule has 1 N–H and O–H groups in total. The molecule has 1 aromatic rings. The summed E-state index contributed by atoms with van der Waals surface area (Å²) >= 11 is 3.53. The van der Waals surface area contributed by atoms with Crippen molar-refractivity contribution in [2.24, 2.45) is 18.9 Å². The highest BCUT2D eigenvalue weighted by molar-refractivity contribution is 9.10. The molecule has 102 valence electrons. The average molecular weight is 315 g/mol. The van der Waals surface area contributed by atoms with E-state index < -0.39 is 0 Å². The number of nitrogens with one attached hydrogen (secondary N) is 1. The molecule has 1 fully saturated rings. The lowest BCUT2D eigenvalue weighted by atomic mass is 9.93. The van der Waals surface area contributed by atoms with Gasteiger partial charge in [-0.25, -0.2) is 0 Å². The zero-order valence-corrected chi connectivity index (χ0v) is 13.1. The summed E-state index contributed by atoms with van der Waals surface area (Å²) in [5.41, 5.74) is 1.27. The Labute approximate surface area is 118 Å². The molecule has 1 heterocycles. The molecule has 5 heteroatoms. The third-order valence-corrected chi connectivity index (χ3v) is 4.36. The molecule has 2 rings (SSSR count). The van der Waals surface area contributed by atoms with Gasteiger partial charge in [0.05, 0.1) is 5.69 Å². The summed E-state index contributed by atoms with van der Waals surface area (Å²) in [5, 5.41) is 11.8. The number of aryl methyl sites for hydroxylation is 1. The van der Waals surface area contributed by atoms with Crippen LogP contribution in [0.2, 0.25) is 0 Å². The molecule has 2 atom stereocenters. The third kappa shape index (κ3) is 3.12. The summed E-state index contributed by atoms with van der Waals surface area (Å²) < 4.78 is 2.85. The van der Waals surface area contributed by atoms with Crippen LogP contribution in [0, 0.1) is 11.8 Å². The van der Waals surface area contributed by atoms with Crippen LogP contribution in [-0.2, 0) is 7.05 Å². The summed E-state index contributed by atoms with van der Waals surface area (Å²) in [6.07, 6.45) is 3.89. The van der Waals surface area contributed by atoms with Gasteiger partial charge < -0.3 is 5.32 Å². The van der Waals surface area contributed by atoms with Gasteiger partial charge in [0, 0.05) is 13.0 Å². The zero-order valence-electron chi connectivity index (χ0n) is 11.5. The molecule has 1 aromatic heterocycles. The Bertz CT molecular complexity index is 369. The van der Waals surface area contributed by atoms with Crippen LogP contribution in [-0.4, -0.2) is 28.1 Å². The first kappa shape index (κ1) is 14.0. The summed E-state index contributed by atoms with van der Waals surface area (Å²) in [5.74, 6) is 2.03. The van der Waals surface area contributed by atoms with Crippen molar-refractivity contribution in [1.29, 1.82) is 0 Å². The van der Waals surface area contributed by atoms with Crippen LogP contribution in [0.4, 0.5) is 0 Å². The monoisotopic (exact) mass is 314 g/mol. The predicted octanol–water partition coefficient (Wildman–Crippen LogP) is 2.71. The summed E-state index contributed by atoms with van der Waals surface area (Å²) in [6.45, 7) is 6.72. The minimum Gasteiger partial charge on any atom is -0.316 e. The lowest BCUT2D eigenvalue weighted by molar-refractivity contribution is 0.411. The predicted molar refractivity (Wildman–Crippen MR) is 76.5 cm³/mol. The van der Waals surface area contributed by atoms with Gasteiger partial charge in [0.1, 0.15) is 0 Å². The summed E-state index contributed by atoms with van der Waals surface area (Å²) in [4.78, 5) is 0. The molecule has 0 spiro atoms. The Morgan fingerprint density at radius 3 is 2.83 bits per heavy atom. The van der Waals surface area contributed by atoms with Crippen molar-refractivity contribution in [2.45, 2.75) is 39.0 Å². The number of hydrogen-bond acceptors (Lipinski definition) is 3. The summed E-state index contributed by atoms with van der Waals surface area (Å²) in [6, 6.07) is 0. The molecule has 1 saturated carbocycles. The van der Waals surface area contributed by atoms with Crippen molar-refractivity contribution < 1.29 is 0 Å². The second kappa shape index (κ2) is 6.15. The molecule has 4 nitrogen and oxygen atoms in total. The number of nitrogens with zero attached hydrogens (tertiary/aromatic N) is 3. The standard InChI is InChI=1S/C13H23BrN4/c1-9(2)7-15-8-10-5-4-6-11(10)12-13(14)16-17-18(12)3/h9-11,15H,4-8H2,1-3H3. The van der Waals surface area contributed by atoms with Crippen molar-refractivity contribution >= 4 is 15.9 Å². The van der Waals surface area contributed by atoms with Crippen LogP contribution in [0.1, 0.15) is 44.7 Å². The quantitative estimate of drug-likeness (QED) is 0.908. The van der Waals surface area contributed by atoms with E-state index in [2.05, 4.69) is 45.4 Å². The Balaban J connectivity index is 1.99. The van der Waals surface area contributed by atoms with E-state index in [1.54, 1.807) is 0 Å². The van der Waals surface area contributed by atoms with Crippen molar-refractivity contribution in [3.05, 3.63) is 10.3 Å². The van der Waals surface area contributed by atoms with Gasteiger partial charge in [-0.2, -0.15) is 0 Å². The zero-order chi connectivity index (χ0) is 13.1. The van der Waals surface area contributed by atoms with Crippen molar-refractivity contribution in [3.8, 4) is 0 Å². The van der Waals surface area contributed by atoms with E-state index in [-0.39, 0.29) is 0 Å². The topological polar surface area (TPSA) is 42.7 Å². The largest absolute Gasteiger partial charge is 0.316 e. The van der Waals surface area contributed by atoms with Gasteiger partial charge in [0.25, 0.3) is 0 Å². The molecule has 0 radical (unpaired) electrons. The molecule has 0 bridgehead atoms. The molecule has 0 amide bonds. The highest BCUT2D eigenvalue weighted by Gasteiger charge is 2.32. The first-order chi connectivity index (χ1) is 8.59. The minimum absolute atomic E-state index is 0.596. The van der Waals surface area contributed by atoms with Gasteiger partial charge in [-0.3, -0.25) is 4.68 Å². The van der Waals surface area contributed by atoms with E-state index in [1.807, 2.05) is 11.7 Å². The van der Waals surface area contributed by atoms with Gasteiger partial charge in [-0.05, 0) is 53.7 Å². The van der Waals surface area contributed by atoms with E-state index in [1.165, 1.54) is 25.0 Å². The molecular weight excluding hydrogens is 292 g/mol. The molecule has 1 aliphatic rings. The smallest absolute Gasteiger partial charge is 0.151 e. The summed E-state index contributed by atoms with van der Waals surface area (Å²) in [7, 11) is 1.99. The first-order valence-corrected chi connectivity index (χ1v) is 7.64. The highest BCUT2D eigenvalue weighted by Crippen LogP contribution is 2.41. The van der Waals surface area contributed by atoms with Crippen molar-refractivity contribution in [2.75, 3.05) is 13.1 Å². The fourth-order valence-corrected chi connectivity index (χ4v) is 3.55. The van der Waals surface area contributed by atoms with E-state index in [4.69, 9.17) is 0 Å². The second-order valence-corrected chi connectivity index (χ2v) is 6.49. The van der Waals surface area contributed by atoms with Gasteiger partial charge in [-0.1, -0.05) is 25.5 Å². The van der Waals surface area contributed by atoms with Gasteiger partial charge in [0.2, 0.25) is 0 Å². The number of hydrogen-bond donors (Lipinski definition) is 1. The molecule has 1 aliphatic carbocycles. The SMILES string of the molecule is CC(C)CNCC1CCCC1c1c(Br)nnn1C. The molecule has 0 aliphatic heterocycles. The second-order valence-electron chi connectivity index (χ2n) is 5.74. The molecular formula is C13H23BrN4. The highest BCUT2D eigenvalue weighted by atomic mass is 79.9. The fraction of sp³-hybridized carbons (Fsp3) is 0.846. The van der Waals surface area contributed by atoms with Crippen LogP contribution >= 0.6 is 15.9 Å². The van der Waals surface area contributed by atoms with Gasteiger partial charge in [-0.15, -0.1) is 5.10 Å². The number of rotatable bonds is 5. The maximum absolute atomic E-state index is 4.11. The molecule has 0 aromatic carbocycles. The fourth-order valence-electron chi connectivity index (χ4n) is 2.93. The van der Waals surface area contributed by atoms with E-state index in [9.17, 15) is 0 Å². The average Bonchev–Trinajstić information content (AvgIpc) is 2.86. The van der Waals surface area contributed by atoms with Crippen LogP contribution < -0.4 is 5.32 Å². The lowest BCUT2D eigenvalue weighted by Gasteiger charge is -2.21. The van der Waals surface area contributed by atoms with Gasteiger partial charge >= 0.3 is 0 Å². The molecule has 2 unspecified atom stereocenters. The van der Waals surface area contributed by atoms with E-state index in [0.29, 0.717) is 5.92 Å². The van der Waals surface area contributed by atoms with E-state index >= 15 is 0 Å². The first-order valence-electron chi connectivity index (χ1n) is 6.85. The van der Waals surface area contributed by atoms with E-state index in [0.717, 1.165) is 29.5 Å². The van der Waals surface area contributed by atoms with Crippen molar-refractivity contribution in [1.82, 2.24) is 20.3 Å². The number of halogens is 1. The normalized spacial score (nSPS) is 24.1.